The van der Waals surface area contributed by atoms with Crippen molar-refractivity contribution in [1.29, 1.82) is 0 Å². The maximum Gasteiger partial charge on any atom is 0.243 e. The van der Waals surface area contributed by atoms with Gasteiger partial charge in [-0.1, -0.05) is 18.1 Å². The minimum Gasteiger partial charge on any atom is -0.356 e. The summed E-state index contributed by atoms with van der Waals surface area (Å²) in [6, 6.07) is 4.53. The van der Waals surface area contributed by atoms with Crippen molar-refractivity contribution >= 4 is 15.9 Å². The third-order valence-corrected chi connectivity index (χ3v) is 7.53. The largest absolute Gasteiger partial charge is 0.356 e. The summed E-state index contributed by atoms with van der Waals surface area (Å²) in [5, 5.41) is 2.95. The Morgan fingerprint density at radius 1 is 1.14 bits per heavy atom. The molecule has 0 saturated carbocycles. The van der Waals surface area contributed by atoms with Gasteiger partial charge in [0.15, 0.2) is 0 Å². The van der Waals surface area contributed by atoms with Gasteiger partial charge in [-0.15, -0.1) is 0 Å². The molecular formula is C21H29FN2O3S. The highest BCUT2D eigenvalue weighted by molar-refractivity contribution is 7.89. The summed E-state index contributed by atoms with van der Waals surface area (Å²) < 4.78 is 40.5. The van der Waals surface area contributed by atoms with Crippen LogP contribution < -0.4 is 5.32 Å². The van der Waals surface area contributed by atoms with Crippen LogP contribution in [0.1, 0.15) is 57.8 Å². The number of carbonyl (C=O) groups excluding carboxylic acids is 1. The molecule has 1 saturated heterocycles. The third-order valence-electron chi connectivity index (χ3n) is 5.57. The number of benzene rings is 1. The van der Waals surface area contributed by atoms with Gasteiger partial charge in [-0.2, -0.15) is 4.31 Å². The number of hydrogen-bond donors (Lipinski definition) is 1. The number of nitrogens with zero attached hydrogens (tertiary/aromatic N) is 1. The van der Waals surface area contributed by atoms with Gasteiger partial charge in [0, 0.05) is 25.6 Å². The van der Waals surface area contributed by atoms with E-state index in [-0.39, 0.29) is 23.3 Å². The third kappa shape index (κ3) is 5.41. The van der Waals surface area contributed by atoms with Crippen LogP contribution in [0.4, 0.5) is 4.39 Å². The van der Waals surface area contributed by atoms with E-state index >= 15 is 0 Å². The van der Waals surface area contributed by atoms with E-state index in [0.717, 1.165) is 44.2 Å². The zero-order valence-corrected chi connectivity index (χ0v) is 17.0. The second-order valence-electron chi connectivity index (χ2n) is 7.63. The molecule has 0 radical (unpaired) electrons. The predicted molar refractivity (Wildman–Crippen MR) is 107 cm³/mol. The Kier molecular flexibility index (Phi) is 7.24. The van der Waals surface area contributed by atoms with Gasteiger partial charge in [0.1, 0.15) is 5.82 Å². The molecule has 1 atom stereocenters. The maximum absolute atomic E-state index is 13.2. The monoisotopic (exact) mass is 408 g/mol. The average molecular weight is 409 g/mol. The van der Waals surface area contributed by atoms with Crippen LogP contribution in [0, 0.1) is 5.82 Å². The van der Waals surface area contributed by atoms with Gasteiger partial charge in [0.05, 0.1) is 4.90 Å². The lowest BCUT2D eigenvalue weighted by Crippen LogP contribution is -2.46. The molecule has 3 rings (SSSR count). The van der Waals surface area contributed by atoms with Crippen molar-refractivity contribution in [3.8, 4) is 0 Å². The summed E-state index contributed by atoms with van der Waals surface area (Å²) in [4.78, 5) is 12.5. The Morgan fingerprint density at radius 2 is 1.93 bits per heavy atom. The summed E-state index contributed by atoms with van der Waals surface area (Å²) in [7, 11) is -3.73. The molecule has 1 amide bonds. The second kappa shape index (κ2) is 9.65. The van der Waals surface area contributed by atoms with E-state index in [4.69, 9.17) is 0 Å². The van der Waals surface area contributed by atoms with Crippen molar-refractivity contribution < 1.29 is 17.6 Å². The van der Waals surface area contributed by atoms with E-state index < -0.39 is 15.8 Å². The topological polar surface area (TPSA) is 66.5 Å². The molecule has 1 aromatic rings. The number of halogens is 1. The fraction of sp³-hybridized carbons (Fsp3) is 0.571. The van der Waals surface area contributed by atoms with Crippen LogP contribution in [-0.2, 0) is 14.8 Å². The normalized spacial score (nSPS) is 21.2. The van der Waals surface area contributed by atoms with Crippen LogP contribution in [0.5, 0.6) is 0 Å². The lowest BCUT2D eigenvalue weighted by Gasteiger charge is -2.34. The van der Waals surface area contributed by atoms with Crippen LogP contribution in [-0.4, -0.2) is 37.8 Å². The lowest BCUT2D eigenvalue weighted by atomic mass is 9.97. The van der Waals surface area contributed by atoms with Crippen molar-refractivity contribution in [3.05, 3.63) is 41.7 Å². The molecule has 1 fully saturated rings. The molecule has 154 valence electrons. The number of sulfonamides is 1. The Balaban J connectivity index is 1.58. The van der Waals surface area contributed by atoms with Crippen molar-refractivity contribution in [3.63, 3.8) is 0 Å². The Hall–Kier alpha value is -1.73. The highest BCUT2D eigenvalue weighted by Crippen LogP contribution is 2.27. The SMILES string of the molecule is O=C(C[C@H]1CCCCN1S(=O)(=O)c1ccc(F)cc1)NCCC1=CCCCC1. The first kappa shape index (κ1) is 21.0. The smallest absolute Gasteiger partial charge is 0.243 e. The number of rotatable bonds is 7. The first-order valence-corrected chi connectivity index (χ1v) is 11.6. The summed E-state index contributed by atoms with van der Waals surface area (Å²) in [6.45, 7) is 0.993. The average Bonchev–Trinajstić information content (AvgIpc) is 2.69. The molecule has 0 unspecified atom stereocenters. The number of amides is 1. The zero-order chi connectivity index (χ0) is 20.0. The van der Waals surface area contributed by atoms with Crippen LogP contribution in [0.25, 0.3) is 0 Å². The van der Waals surface area contributed by atoms with Gasteiger partial charge >= 0.3 is 0 Å². The highest BCUT2D eigenvalue weighted by Gasteiger charge is 2.34. The Labute approximate surface area is 167 Å². The molecule has 0 bridgehead atoms. The molecule has 0 spiro atoms. The molecule has 28 heavy (non-hydrogen) atoms. The fourth-order valence-corrected chi connectivity index (χ4v) is 5.71. The minimum absolute atomic E-state index is 0.0745. The summed E-state index contributed by atoms with van der Waals surface area (Å²) in [5.41, 5.74) is 1.41. The Morgan fingerprint density at radius 3 is 2.64 bits per heavy atom. The molecule has 0 aromatic heterocycles. The molecule has 1 aliphatic carbocycles. The molecular weight excluding hydrogens is 379 g/mol. The standard InChI is InChI=1S/C21H29FN2O3S/c22-18-9-11-20(12-10-18)28(26,27)24-15-5-4-8-19(24)16-21(25)23-14-13-17-6-2-1-3-7-17/h6,9-12,19H,1-5,7-8,13-16H2,(H,23,25)/t19-/m1/s1. The zero-order valence-electron chi connectivity index (χ0n) is 16.2. The van der Waals surface area contributed by atoms with Crippen LogP contribution >= 0.6 is 0 Å². The van der Waals surface area contributed by atoms with Crippen LogP contribution in [0.15, 0.2) is 40.8 Å². The second-order valence-corrected chi connectivity index (χ2v) is 9.52. The summed E-state index contributed by atoms with van der Waals surface area (Å²) >= 11 is 0. The van der Waals surface area contributed by atoms with E-state index in [1.165, 1.54) is 34.9 Å². The van der Waals surface area contributed by atoms with Crippen LogP contribution in [0.2, 0.25) is 0 Å². The highest BCUT2D eigenvalue weighted by atomic mass is 32.2. The molecule has 7 heteroatoms. The van der Waals surface area contributed by atoms with E-state index in [1.54, 1.807) is 0 Å². The van der Waals surface area contributed by atoms with Gasteiger partial charge in [-0.25, -0.2) is 12.8 Å². The van der Waals surface area contributed by atoms with Crippen molar-refractivity contribution in [2.45, 2.75) is 68.7 Å². The van der Waals surface area contributed by atoms with Gasteiger partial charge in [-0.05, 0) is 69.2 Å². The van der Waals surface area contributed by atoms with Gasteiger partial charge in [0.25, 0.3) is 0 Å². The molecule has 5 nitrogen and oxygen atoms in total. The van der Waals surface area contributed by atoms with Gasteiger partial charge < -0.3 is 5.32 Å². The summed E-state index contributed by atoms with van der Waals surface area (Å²) in [5.74, 6) is -0.579. The molecule has 1 aliphatic heterocycles. The summed E-state index contributed by atoms with van der Waals surface area (Å²) in [6.07, 6.45) is 10.4. The number of piperidine rings is 1. The molecule has 1 aromatic carbocycles. The first-order chi connectivity index (χ1) is 13.5. The first-order valence-electron chi connectivity index (χ1n) is 10.2. The fourth-order valence-electron chi connectivity index (χ4n) is 4.02. The van der Waals surface area contributed by atoms with E-state index in [2.05, 4.69) is 11.4 Å². The van der Waals surface area contributed by atoms with Crippen LogP contribution in [0.3, 0.4) is 0 Å². The van der Waals surface area contributed by atoms with E-state index in [0.29, 0.717) is 19.5 Å². The number of carbonyl (C=O) groups is 1. The lowest BCUT2D eigenvalue weighted by molar-refractivity contribution is -0.122. The molecule has 1 N–H and O–H groups in total. The van der Waals surface area contributed by atoms with Crippen molar-refractivity contribution in [2.75, 3.05) is 13.1 Å². The van der Waals surface area contributed by atoms with Crippen molar-refractivity contribution in [2.24, 2.45) is 0 Å². The predicted octanol–water partition coefficient (Wildman–Crippen LogP) is 3.77. The number of hydrogen-bond acceptors (Lipinski definition) is 3. The van der Waals surface area contributed by atoms with E-state index in [9.17, 15) is 17.6 Å². The quantitative estimate of drug-likeness (QED) is 0.699. The van der Waals surface area contributed by atoms with Crippen molar-refractivity contribution in [1.82, 2.24) is 9.62 Å². The molecule has 1 heterocycles. The maximum atomic E-state index is 13.2. The molecule has 2 aliphatic rings. The van der Waals surface area contributed by atoms with E-state index in [1.807, 2.05) is 0 Å². The van der Waals surface area contributed by atoms with Gasteiger partial charge in [0.2, 0.25) is 15.9 Å². The minimum atomic E-state index is -3.73. The number of allylic oxidation sites excluding steroid dienone is 1. The van der Waals surface area contributed by atoms with Gasteiger partial charge in [-0.3, -0.25) is 4.79 Å². The Bertz CT molecular complexity index is 805. The number of nitrogens with one attached hydrogen (secondary N) is 1.